The molecule has 1 heterocycles. The molecule has 0 saturated carbocycles. The van der Waals surface area contributed by atoms with Crippen molar-refractivity contribution in [3.63, 3.8) is 0 Å². The van der Waals surface area contributed by atoms with E-state index in [1.807, 2.05) is 12.1 Å². The van der Waals surface area contributed by atoms with E-state index in [1.54, 1.807) is 6.07 Å². The molecule has 0 aromatic heterocycles. The zero-order chi connectivity index (χ0) is 11.6. The van der Waals surface area contributed by atoms with Crippen LogP contribution in [0, 0.1) is 11.3 Å². The average Bonchev–Trinajstić information content (AvgIpc) is 2.22. The van der Waals surface area contributed by atoms with Gasteiger partial charge in [-0.25, -0.2) is 0 Å². The number of benzene rings is 1. The van der Waals surface area contributed by atoms with E-state index in [1.165, 1.54) is 0 Å². The molecule has 4 heteroatoms. The van der Waals surface area contributed by atoms with Crippen LogP contribution >= 0.6 is 23.2 Å². The number of hydrogen-bond acceptors (Lipinski definition) is 2. The normalized spacial score (nSPS) is 17.6. The standard InChI is InChI=1S/C12H11Cl2NO/c13-10-3-2-9(6-11(10)14)12(4-1-5-15)7-16-8-12/h2-3,6H,1,4,7-8H2. The van der Waals surface area contributed by atoms with Gasteiger partial charge in [-0.05, 0) is 24.1 Å². The lowest BCUT2D eigenvalue weighted by atomic mass is 9.75. The minimum atomic E-state index is -0.0377. The summed E-state index contributed by atoms with van der Waals surface area (Å²) >= 11 is 11.9. The molecular weight excluding hydrogens is 245 g/mol. The van der Waals surface area contributed by atoms with E-state index in [2.05, 4.69) is 6.07 Å². The molecule has 2 rings (SSSR count). The molecule has 0 N–H and O–H groups in total. The maximum absolute atomic E-state index is 8.66. The Labute approximate surface area is 105 Å². The van der Waals surface area contributed by atoms with Crippen LogP contribution in [0.1, 0.15) is 18.4 Å². The highest BCUT2D eigenvalue weighted by Crippen LogP contribution is 2.38. The predicted molar refractivity (Wildman–Crippen MR) is 63.8 cm³/mol. The quantitative estimate of drug-likeness (QED) is 0.828. The smallest absolute Gasteiger partial charge is 0.0622 e. The van der Waals surface area contributed by atoms with Crippen LogP contribution in [0.25, 0.3) is 0 Å². The Bertz CT molecular complexity index is 435. The fourth-order valence-electron chi connectivity index (χ4n) is 1.92. The van der Waals surface area contributed by atoms with E-state index in [4.69, 9.17) is 33.2 Å². The third-order valence-corrected chi connectivity index (χ3v) is 3.74. The Morgan fingerprint density at radius 1 is 1.31 bits per heavy atom. The fourth-order valence-corrected chi connectivity index (χ4v) is 2.22. The highest BCUT2D eigenvalue weighted by Gasteiger charge is 2.39. The number of ether oxygens (including phenoxy) is 1. The number of nitrogens with zero attached hydrogens (tertiary/aromatic N) is 1. The average molecular weight is 256 g/mol. The van der Waals surface area contributed by atoms with E-state index in [0.29, 0.717) is 29.7 Å². The van der Waals surface area contributed by atoms with Crippen LogP contribution in [0.4, 0.5) is 0 Å². The van der Waals surface area contributed by atoms with Crippen molar-refractivity contribution >= 4 is 23.2 Å². The number of rotatable bonds is 3. The number of hydrogen-bond donors (Lipinski definition) is 0. The van der Waals surface area contributed by atoms with Crippen molar-refractivity contribution in [1.82, 2.24) is 0 Å². The molecule has 0 unspecified atom stereocenters. The second-order valence-corrected chi connectivity index (χ2v) is 4.87. The third kappa shape index (κ3) is 2.04. The van der Waals surface area contributed by atoms with Crippen molar-refractivity contribution in [2.24, 2.45) is 0 Å². The van der Waals surface area contributed by atoms with Crippen molar-refractivity contribution in [2.75, 3.05) is 13.2 Å². The van der Waals surface area contributed by atoms with Gasteiger partial charge in [0.05, 0.1) is 29.3 Å². The topological polar surface area (TPSA) is 33.0 Å². The van der Waals surface area contributed by atoms with E-state index in [-0.39, 0.29) is 5.41 Å². The Morgan fingerprint density at radius 2 is 2.06 bits per heavy atom. The van der Waals surface area contributed by atoms with Gasteiger partial charge in [-0.1, -0.05) is 29.3 Å². The zero-order valence-electron chi connectivity index (χ0n) is 8.67. The maximum Gasteiger partial charge on any atom is 0.0622 e. The molecule has 0 aliphatic carbocycles. The first-order valence-corrected chi connectivity index (χ1v) is 5.84. The molecule has 2 nitrogen and oxygen atoms in total. The number of halogens is 2. The lowest BCUT2D eigenvalue weighted by Crippen LogP contribution is -2.46. The van der Waals surface area contributed by atoms with E-state index in [0.717, 1.165) is 12.0 Å². The van der Waals surface area contributed by atoms with Gasteiger partial charge in [-0.3, -0.25) is 0 Å². The van der Waals surface area contributed by atoms with E-state index < -0.39 is 0 Å². The van der Waals surface area contributed by atoms with Crippen LogP contribution in [0.5, 0.6) is 0 Å². The first-order chi connectivity index (χ1) is 7.68. The van der Waals surface area contributed by atoms with Gasteiger partial charge >= 0.3 is 0 Å². The van der Waals surface area contributed by atoms with Crippen LogP contribution in [0.15, 0.2) is 18.2 Å². The summed E-state index contributed by atoms with van der Waals surface area (Å²) in [5.41, 5.74) is 1.08. The van der Waals surface area contributed by atoms with Crippen LogP contribution in [-0.4, -0.2) is 13.2 Å². The zero-order valence-corrected chi connectivity index (χ0v) is 10.2. The van der Waals surface area contributed by atoms with Gasteiger partial charge in [0.25, 0.3) is 0 Å². The van der Waals surface area contributed by atoms with Crippen molar-refractivity contribution in [1.29, 1.82) is 5.26 Å². The maximum atomic E-state index is 8.66. The molecule has 0 spiro atoms. The van der Waals surface area contributed by atoms with Gasteiger partial charge < -0.3 is 4.74 Å². The molecule has 0 radical (unpaired) electrons. The van der Waals surface area contributed by atoms with Crippen LogP contribution in [0.3, 0.4) is 0 Å². The summed E-state index contributed by atoms with van der Waals surface area (Å²) < 4.78 is 5.27. The van der Waals surface area contributed by atoms with Gasteiger partial charge in [0, 0.05) is 11.8 Å². The van der Waals surface area contributed by atoms with Crippen molar-refractivity contribution < 1.29 is 4.74 Å². The molecule has 1 fully saturated rings. The molecule has 1 aromatic rings. The van der Waals surface area contributed by atoms with Crippen molar-refractivity contribution in [3.05, 3.63) is 33.8 Å². The second kappa shape index (κ2) is 4.63. The van der Waals surface area contributed by atoms with Crippen LogP contribution < -0.4 is 0 Å². The molecule has 1 aromatic carbocycles. The lowest BCUT2D eigenvalue weighted by Gasteiger charge is -2.41. The van der Waals surface area contributed by atoms with Gasteiger partial charge in [0.2, 0.25) is 0 Å². The Hall–Kier alpha value is -0.750. The molecule has 0 amide bonds. The highest BCUT2D eigenvalue weighted by atomic mass is 35.5. The van der Waals surface area contributed by atoms with Gasteiger partial charge in [0.1, 0.15) is 0 Å². The Balaban J connectivity index is 2.26. The monoisotopic (exact) mass is 255 g/mol. The second-order valence-electron chi connectivity index (χ2n) is 4.06. The molecular formula is C12H11Cl2NO. The Kier molecular flexibility index (Phi) is 3.39. The molecule has 16 heavy (non-hydrogen) atoms. The number of nitriles is 1. The predicted octanol–water partition coefficient (Wildman–Crippen LogP) is 3.57. The fraction of sp³-hybridized carbons (Fsp3) is 0.417. The van der Waals surface area contributed by atoms with Crippen LogP contribution in [-0.2, 0) is 10.2 Å². The summed E-state index contributed by atoms with van der Waals surface area (Å²) in [6.45, 7) is 1.32. The summed E-state index contributed by atoms with van der Waals surface area (Å²) in [5.74, 6) is 0. The molecule has 1 aliphatic rings. The minimum Gasteiger partial charge on any atom is -0.379 e. The van der Waals surface area contributed by atoms with E-state index in [9.17, 15) is 0 Å². The van der Waals surface area contributed by atoms with Gasteiger partial charge in [-0.15, -0.1) is 0 Å². The lowest BCUT2D eigenvalue weighted by molar-refractivity contribution is -0.0636. The summed E-state index contributed by atoms with van der Waals surface area (Å²) in [4.78, 5) is 0. The van der Waals surface area contributed by atoms with Crippen molar-refractivity contribution in [3.8, 4) is 6.07 Å². The summed E-state index contributed by atoms with van der Waals surface area (Å²) in [5, 5.41) is 9.77. The molecule has 0 atom stereocenters. The summed E-state index contributed by atoms with van der Waals surface area (Å²) in [7, 11) is 0. The molecule has 0 bridgehead atoms. The van der Waals surface area contributed by atoms with Gasteiger partial charge in [0.15, 0.2) is 0 Å². The third-order valence-electron chi connectivity index (χ3n) is 3.00. The molecule has 1 saturated heterocycles. The SMILES string of the molecule is N#CCCC1(c2ccc(Cl)c(Cl)c2)COC1. The Morgan fingerprint density at radius 3 is 2.56 bits per heavy atom. The highest BCUT2D eigenvalue weighted by molar-refractivity contribution is 6.42. The van der Waals surface area contributed by atoms with Crippen LogP contribution in [0.2, 0.25) is 10.0 Å². The first kappa shape index (κ1) is 11.7. The largest absolute Gasteiger partial charge is 0.379 e. The summed E-state index contributed by atoms with van der Waals surface area (Å²) in [6, 6.07) is 7.82. The van der Waals surface area contributed by atoms with E-state index >= 15 is 0 Å². The summed E-state index contributed by atoms with van der Waals surface area (Å²) in [6.07, 6.45) is 1.34. The van der Waals surface area contributed by atoms with Gasteiger partial charge in [-0.2, -0.15) is 5.26 Å². The molecule has 1 aliphatic heterocycles. The molecule has 84 valence electrons. The van der Waals surface area contributed by atoms with Crippen molar-refractivity contribution in [2.45, 2.75) is 18.3 Å². The minimum absolute atomic E-state index is 0.0377. The first-order valence-electron chi connectivity index (χ1n) is 5.08.